The molecule has 2 rings (SSSR count). The predicted molar refractivity (Wildman–Crippen MR) is 85.6 cm³/mol. The largest absolute Gasteiger partial charge is 0.320 e. The molecule has 0 fully saturated rings. The molecule has 3 heteroatoms. The highest BCUT2D eigenvalue weighted by atomic mass is 79.9. The van der Waals surface area contributed by atoms with Gasteiger partial charge in [0.15, 0.2) is 0 Å². The van der Waals surface area contributed by atoms with Crippen molar-refractivity contribution in [1.29, 1.82) is 0 Å². The number of hydrogen-bond donors (Lipinski definition) is 1. The zero-order chi connectivity index (χ0) is 13.8. The second-order valence-corrected chi connectivity index (χ2v) is 5.90. The lowest BCUT2D eigenvalue weighted by atomic mass is 9.98. The minimum absolute atomic E-state index is 0.121. The average molecular weight is 339 g/mol. The van der Waals surface area contributed by atoms with Crippen LogP contribution in [0.4, 0.5) is 0 Å². The number of rotatable bonds is 4. The molecule has 0 saturated carbocycles. The van der Waals surface area contributed by atoms with Gasteiger partial charge >= 0.3 is 0 Å². The van der Waals surface area contributed by atoms with Gasteiger partial charge in [-0.1, -0.05) is 55.3 Å². The third-order valence-electron chi connectivity index (χ3n) is 3.18. The van der Waals surface area contributed by atoms with Gasteiger partial charge in [0, 0.05) is 4.47 Å². The molecule has 0 aliphatic carbocycles. The first-order valence-electron chi connectivity index (χ1n) is 6.41. The summed E-state index contributed by atoms with van der Waals surface area (Å²) in [6, 6.07) is 14.2. The highest BCUT2D eigenvalue weighted by Gasteiger charge is 2.10. The summed E-state index contributed by atoms with van der Waals surface area (Å²) >= 11 is 9.43. The van der Waals surface area contributed by atoms with E-state index >= 15 is 0 Å². The quantitative estimate of drug-likeness (QED) is 0.824. The molecule has 0 saturated heterocycles. The van der Waals surface area contributed by atoms with Crippen LogP contribution in [0.2, 0.25) is 5.02 Å². The highest BCUT2D eigenvalue weighted by Crippen LogP contribution is 2.28. The summed E-state index contributed by atoms with van der Waals surface area (Å²) in [7, 11) is 0. The van der Waals surface area contributed by atoms with Crippen LogP contribution >= 0.6 is 27.5 Å². The molecular formula is C16H17BrClN. The van der Waals surface area contributed by atoms with E-state index in [4.69, 9.17) is 17.3 Å². The lowest BCUT2D eigenvalue weighted by molar-refractivity contribution is 0.864. The first-order valence-corrected chi connectivity index (χ1v) is 7.58. The Morgan fingerprint density at radius 1 is 1.11 bits per heavy atom. The summed E-state index contributed by atoms with van der Waals surface area (Å²) in [5.41, 5.74) is 9.83. The topological polar surface area (TPSA) is 26.0 Å². The van der Waals surface area contributed by atoms with Crippen molar-refractivity contribution in [2.45, 2.75) is 25.8 Å². The first-order chi connectivity index (χ1) is 9.11. The molecule has 0 spiro atoms. The number of hydrogen-bond acceptors (Lipinski definition) is 1. The van der Waals surface area contributed by atoms with Gasteiger partial charge in [-0.3, -0.25) is 0 Å². The average Bonchev–Trinajstić information content (AvgIpc) is 2.42. The summed E-state index contributed by atoms with van der Waals surface area (Å²) in [6.07, 6.45) is 2.28. The van der Waals surface area contributed by atoms with Gasteiger partial charge in [-0.05, 0) is 51.2 Å². The number of aryl methyl sites for hydroxylation is 1. The maximum absolute atomic E-state index is 6.30. The maximum atomic E-state index is 6.30. The molecule has 0 heterocycles. The highest BCUT2D eigenvalue weighted by molar-refractivity contribution is 9.10. The Labute approximate surface area is 127 Å². The van der Waals surface area contributed by atoms with E-state index in [1.54, 1.807) is 0 Å². The second kappa shape index (κ2) is 6.56. The van der Waals surface area contributed by atoms with E-state index in [9.17, 15) is 0 Å². The number of benzene rings is 2. The van der Waals surface area contributed by atoms with Crippen molar-refractivity contribution >= 4 is 27.5 Å². The number of nitrogens with two attached hydrogens (primary N) is 1. The van der Waals surface area contributed by atoms with Crippen LogP contribution in [0.15, 0.2) is 46.9 Å². The minimum atomic E-state index is -0.121. The molecule has 2 N–H and O–H groups in total. The zero-order valence-corrected chi connectivity index (χ0v) is 13.2. The van der Waals surface area contributed by atoms with Crippen LogP contribution in [0.5, 0.6) is 0 Å². The van der Waals surface area contributed by atoms with Gasteiger partial charge in [0.1, 0.15) is 0 Å². The van der Waals surface area contributed by atoms with Crippen LogP contribution < -0.4 is 5.73 Å². The molecule has 2 aromatic rings. The van der Waals surface area contributed by atoms with Crippen LogP contribution in [-0.2, 0) is 6.42 Å². The van der Waals surface area contributed by atoms with Gasteiger partial charge in [-0.25, -0.2) is 0 Å². The SMILES string of the molecule is CCCc1ccc(C(N)c2ccc(Cl)c(Br)c2)cc1. The van der Waals surface area contributed by atoms with Crippen LogP contribution in [0, 0.1) is 0 Å². The van der Waals surface area contributed by atoms with Gasteiger partial charge in [0.25, 0.3) is 0 Å². The number of halogens is 2. The van der Waals surface area contributed by atoms with E-state index in [1.807, 2.05) is 18.2 Å². The second-order valence-electron chi connectivity index (χ2n) is 4.64. The Morgan fingerprint density at radius 2 is 1.74 bits per heavy atom. The van der Waals surface area contributed by atoms with Crippen LogP contribution in [0.25, 0.3) is 0 Å². The van der Waals surface area contributed by atoms with E-state index in [-0.39, 0.29) is 6.04 Å². The third-order valence-corrected chi connectivity index (χ3v) is 4.39. The molecule has 0 radical (unpaired) electrons. The molecule has 0 aliphatic rings. The summed E-state index contributed by atoms with van der Waals surface area (Å²) < 4.78 is 0.879. The van der Waals surface area contributed by atoms with Gasteiger partial charge in [-0.2, -0.15) is 0 Å². The molecular weight excluding hydrogens is 322 g/mol. The molecule has 0 bridgehead atoms. The molecule has 1 atom stereocenters. The van der Waals surface area contributed by atoms with Crippen molar-refractivity contribution in [3.05, 3.63) is 68.7 Å². The zero-order valence-electron chi connectivity index (χ0n) is 10.9. The van der Waals surface area contributed by atoms with Gasteiger partial charge in [-0.15, -0.1) is 0 Å². The monoisotopic (exact) mass is 337 g/mol. The maximum Gasteiger partial charge on any atom is 0.0552 e. The van der Waals surface area contributed by atoms with Gasteiger partial charge in [0.2, 0.25) is 0 Å². The van der Waals surface area contributed by atoms with Crippen molar-refractivity contribution in [2.24, 2.45) is 5.73 Å². The first kappa shape index (κ1) is 14.6. The van der Waals surface area contributed by atoms with Crippen LogP contribution in [0.1, 0.15) is 36.1 Å². The smallest absolute Gasteiger partial charge is 0.0552 e. The Kier molecular flexibility index (Phi) is 5.03. The summed E-state index contributed by atoms with van der Waals surface area (Å²) in [5.74, 6) is 0. The summed E-state index contributed by atoms with van der Waals surface area (Å²) in [5, 5.41) is 0.703. The molecule has 19 heavy (non-hydrogen) atoms. The molecule has 0 aliphatic heterocycles. The standard InChI is InChI=1S/C16H17BrClN/c1-2-3-11-4-6-12(7-5-11)16(19)13-8-9-15(18)14(17)10-13/h4-10,16H,2-3,19H2,1H3. The van der Waals surface area contributed by atoms with E-state index in [2.05, 4.69) is 47.1 Å². The Morgan fingerprint density at radius 3 is 2.32 bits per heavy atom. The summed E-state index contributed by atoms with van der Waals surface area (Å²) in [4.78, 5) is 0. The molecule has 0 aromatic heterocycles. The van der Waals surface area contributed by atoms with E-state index in [0.717, 1.165) is 28.4 Å². The van der Waals surface area contributed by atoms with Gasteiger partial charge < -0.3 is 5.73 Å². The summed E-state index contributed by atoms with van der Waals surface area (Å²) in [6.45, 7) is 2.19. The molecule has 2 aromatic carbocycles. The van der Waals surface area contributed by atoms with Gasteiger partial charge in [0.05, 0.1) is 11.1 Å². The minimum Gasteiger partial charge on any atom is -0.320 e. The van der Waals surface area contributed by atoms with Crippen molar-refractivity contribution in [2.75, 3.05) is 0 Å². The normalized spacial score (nSPS) is 12.4. The van der Waals surface area contributed by atoms with Crippen molar-refractivity contribution < 1.29 is 0 Å². The van der Waals surface area contributed by atoms with E-state index in [0.29, 0.717) is 5.02 Å². The lowest BCUT2D eigenvalue weighted by Gasteiger charge is -2.14. The molecule has 0 amide bonds. The molecule has 1 nitrogen and oxygen atoms in total. The van der Waals surface area contributed by atoms with Crippen LogP contribution in [0.3, 0.4) is 0 Å². The Balaban J connectivity index is 2.22. The predicted octanol–water partition coefficient (Wildman–Crippen LogP) is 5.10. The Bertz CT molecular complexity index is 551. The fourth-order valence-corrected chi connectivity index (χ4v) is 2.59. The van der Waals surface area contributed by atoms with Crippen LogP contribution in [-0.4, -0.2) is 0 Å². The third kappa shape index (κ3) is 3.59. The van der Waals surface area contributed by atoms with Crippen molar-refractivity contribution in [3.63, 3.8) is 0 Å². The van der Waals surface area contributed by atoms with Crippen molar-refractivity contribution in [3.8, 4) is 0 Å². The molecule has 1 unspecified atom stereocenters. The lowest BCUT2D eigenvalue weighted by Crippen LogP contribution is -2.11. The van der Waals surface area contributed by atoms with E-state index in [1.165, 1.54) is 5.56 Å². The fraction of sp³-hybridized carbons (Fsp3) is 0.250. The van der Waals surface area contributed by atoms with Crippen molar-refractivity contribution in [1.82, 2.24) is 0 Å². The Hall–Kier alpha value is -0.830. The molecule has 100 valence electrons. The fourth-order valence-electron chi connectivity index (χ4n) is 2.08. The van der Waals surface area contributed by atoms with E-state index < -0.39 is 0 Å².